The first-order valence-corrected chi connectivity index (χ1v) is 11.7. The van der Waals surface area contributed by atoms with Crippen molar-refractivity contribution in [1.82, 2.24) is 25.1 Å². The van der Waals surface area contributed by atoms with Crippen LogP contribution in [0, 0.1) is 0 Å². The van der Waals surface area contributed by atoms with E-state index in [1.165, 1.54) is 0 Å². The highest BCUT2D eigenvalue weighted by Crippen LogP contribution is 2.27. The second-order valence-electron chi connectivity index (χ2n) is 6.85. The van der Waals surface area contributed by atoms with E-state index >= 15 is 0 Å². The van der Waals surface area contributed by atoms with Crippen LogP contribution in [0.25, 0.3) is 11.0 Å². The fourth-order valence-corrected chi connectivity index (χ4v) is 4.27. The molecule has 0 unspecified atom stereocenters. The van der Waals surface area contributed by atoms with Gasteiger partial charge in [-0.15, -0.1) is 0 Å². The lowest BCUT2D eigenvalue weighted by Gasteiger charge is -2.28. The average molecular weight is 481 g/mol. The van der Waals surface area contributed by atoms with Crippen molar-refractivity contribution in [1.29, 1.82) is 0 Å². The van der Waals surface area contributed by atoms with Gasteiger partial charge in [-0.3, -0.25) is 4.79 Å². The van der Waals surface area contributed by atoms with Gasteiger partial charge in [-0.2, -0.15) is 5.10 Å². The first-order chi connectivity index (χ1) is 15.1. The average Bonchev–Trinajstić information content (AvgIpc) is 3.18. The molecule has 0 aliphatic carbocycles. The number of morpholine rings is 1. The Morgan fingerprint density at radius 3 is 2.84 bits per heavy atom. The molecule has 1 N–H and O–H groups in total. The molecule has 0 spiro atoms. The van der Waals surface area contributed by atoms with Crippen molar-refractivity contribution < 1.29 is 9.53 Å². The highest BCUT2D eigenvalue weighted by atomic mass is 35.5. The fraction of sp³-hybridized carbons (Fsp3) is 0.400. The summed E-state index contributed by atoms with van der Waals surface area (Å²) in [7, 11) is 0. The summed E-state index contributed by atoms with van der Waals surface area (Å²) in [5, 5.41) is 9.80. The number of benzene rings is 1. The number of carbonyl (C=O) groups is 1. The summed E-state index contributed by atoms with van der Waals surface area (Å²) in [6.07, 6.45) is 1.79. The fourth-order valence-electron chi connectivity index (χ4n) is 3.34. The number of thioether (sulfide) groups is 1. The molecule has 1 saturated heterocycles. The highest BCUT2D eigenvalue weighted by Gasteiger charge is 2.20. The number of hydrogen-bond donors (Lipinski definition) is 1. The van der Waals surface area contributed by atoms with E-state index in [1.807, 2.05) is 0 Å². The van der Waals surface area contributed by atoms with Crippen LogP contribution in [0.1, 0.15) is 17.3 Å². The molecule has 1 aliphatic heterocycles. The van der Waals surface area contributed by atoms with E-state index in [9.17, 15) is 4.79 Å². The predicted molar refractivity (Wildman–Crippen MR) is 124 cm³/mol. The zero-order valence-corrected chi connectivity index (χ0v) is 19.3. The molecule has 8 nitrogen and oxygen atoms in total. The van der Waals surface area contributed by atoms with E-state index in [4.69, 9.17) is 37.9 Å². The summed E-state index contributed by atoms with van der Waals surface area (Å²) in [6.45, 7) is 5.81. The normalized spacial score (nSPS) is 14.2. The number of aromatic nitrogens is 4. The first kappa shape index (κ1) is 22.1. The number of nitrogens with one attached hydrogen (secondary N) is 1. The molecule has 11 heteroatoms. The Kier molecular flexibility index (Phi) is 7.16. The van der Waals surface area contributed by atoms with Gasteiger partial charge in [0.2, 0.25) is 0 Å². The number of rotatable bonds is 7. The van der Waals surface area contributed by atoms with Crippen LogP contribution < -0.4 is 10.2 Å². The topological polar surface area (TPSA) is 85.2 Å². The number of nitrogens with zero attached hydrogens (tertiary/aromatic N) is 5. The van der Waals surface area contributed by atoms with E-state index in [1.54, 1.807) is 40.8 Å². The van der Waals surface area contributed by atoms with Crippen molar-refractivity contribution in [3.8, 4) is 0 Å². The Morgan fingerprint density at radius 2 is 2.06 bits per heavy atom. The lowest BCUT2D eigenvalue weighted by molar-refractivity contribution is 0.0952. The molecule has 1 fully saturated rings. The van der Waals surface area contributed by atoms with Gasteiger partial charge in [0, 0.05) is 24.7 Å². The maximum atomic E-state index is 12.5. The molecule has 0 bridgehead atoms. The second kappa shape index (κ2) is 10.0. The van der Waals surface area contributed by atoms with Crippen molar-refractivity contribution in [3.63, 3.8) is 0 Å². The van der Waals surface area contributed by atoms with Gasteiger partial charge < -0.3 is 15.0 Å². The van der Waals surface area contributed by atoms with Gasteiger partial charge in [-0.1, -0.05) is 41.9 Å². The summed E-state index contributed by atoms with van der Waals surface area (Å²) >= 11 is 13.7. The molecule has 0 atom stereocenters. The standard InChI is InChI=1S/C20H22Cl2N6O2S/c1-2-31-20-25-17(27-7-9-30-10-8-27)15-12-24-28(18(15)26-20)6-5-23-19(29)14-11-13(21)3-4-16(14)22/h3-4,11-12H,2,5-10H2,1H3,(H,23,29). The number of hydrogen-bond acceptors (Lipinski definition) is 7. The van der Waals surface area contributed by atoms with Crippen molar-refractivity contribution in [2.24, 2.45) is 0 Å². The zero-order chi connectivity index (χ0) is 21.8. The Hall–Kier alpha value is -2.07. The minimum Gasteiger partial charge on any atom is -0.378 e. The molecule has 1 aromatic carbocycles. The van der Waals surface area contributed by atoms with Crippen LogP contribution in [-0.2, 0) is 11.3 Å². The third kappa shape index (κ3) is 5.06. The Labute approximate surface area is 194 Å². The number of carbonyl (C=O) groups excluding carboxylic acids is 1. The number of fused-ring (bicyclic) bond motifs is 1. The molecular weight excluding hydrogens is 459 g/mol. The van der Waals surface area contributed by atoms with Crippen LogP contribution in [0.5, 0.6) is 0 Å². The Bertz CT molecular complexity index is 1090. The molecular formula is C20H22Cl2N6O2S. The highest BCUT2D eigenvalue weighted by molar-refractivity contribution is 7.99. The van der Waals surface area contributed by atoms with Crippen molar-refractivity contribution in [2.45, 2.75) is 18.6 Å². The van der Waals surface area contributed by atoms with Gasteiger partial charge in [0.05, 0.1) is 41.9 Å². The SMILES string of the molecule is CCSc1nc(N2CCOCC2)c2cnn(CCNC(=O)c3cc(Cl)ccc3Cl)c2n1. The minimum atomic E-state index is -0.283. The van der Waals surface area contributed by atoms with Crippen molar-refractivity contribution >= 4 is 57.7 Å². The van der Waals surface area contributed by atoms with E-state index in [-0.39, 0.29) is 5.91 Å². The quantitative estimate of drug-likeness (QED) is 0.408. The first-order valence-electron chi connectivity index (χ1n) is 9.99. The van der Waals surface area contributed by atoms with Crippen LogP contribution in [0.2, 0.25) is 10.0 Å². The van der Waals surface area contributed by atoms with Gasteiger partial charge >= 0.3 is 0 Å². The molecule has 0 radical (unpaired) electrons. The summed E-state index contributed by atoms with van der Waals surface area (Å²) in [5.74, 6) is 1.47. The summed E-state index contributed by atoms with van der Waals surface area (Å²) in [6, 6.07) is 4.81. The number of halogens is 2. The largest absolute Gasteiger partial charge is 0.378 e. The molecule has 164 valence electrons. The lowest BCUT2D eigenvalue weighted by atomic mass is 10.2. The molecule has 1 aliphatic rings. The molecule has 31 heavy (non-hydrogen) atoms. The summed E-state index contributed by atoms with van der Waals surface area (Å²) < 4.78 is 7.27. The molecule has 2 aromatic heterocycles. The van der Waals surface area contributed by atoms with Gasteiger partial charge in [0.15, 0.2) is 10.8 Å². The lowest BCUT2D eigenvalue weighted by Crippen LogP contribution is -2.37. The van der Waals surface area contributed by atoms with Crippen LogP contribution in [0.15, 0.2) is 29.6 Å². The number of ether oxygens (including phenoxy) is 1. The van der Waals surface area contributed by atoms with Crippen LogP contribution >= 0.6 is 35.0 Å². The number of anilines is 1. The van der Waals surface area contributed by atoms with Crippen LogP contribution in [0.4, 0.5) is 5.82 Å². The van der Waals surface area contributed by atoms with E-state index < -0.39 is 0 Å². The van der Waals surface area contributed by atoms with Gasteiger partial charge in [-0.05, 0) is 24.0 Å². The predicted octanol–water partition coefficient (Wildman–Crippen LogP) is 3.51. The maximum absolute atomic E-state index is 12.5. The van der Waals surface area contributed by atoms with Gasteiger partial charge in [0.25, 0.3) is 5.91 Å². The van der Waals surface area contributed by atoms with E-state index in [0.29, 0.717) is 47.1 Å². The molecule has 1 amide bonds. The zero-order valence-electron chi connectivity index (χ0n) is 17.0. The molecule has 3 aromatic rings. The Balaban J connectivity index is 1.53. The third-order valence-corrected chi connectivity index (χ3v) is 6.12. The van der Waals surface area contributed by atoms with E-state index in [0.717, 1.165) is 35.7 Å². The van der Waals surface area contributed by atoms with Gasteiger partial charge in [0.1, 0.15) is 5.82 Å². The molecule has 4 rings (SSSR count). The minimum absolute atomic E-state index is 0.283. The van der Waals surface area contributed by atoms with Crippen molar-refractivity contribution in [2.75, 3.05) is 43.5 Å². The molecule has 3 heterocycles. The van der Waals surface area contributed by atoms with E-state index in [2.05, 4.69) is 22.2 Å². The second-order valence-corrected chi connectivity index (χ2v) is 8.92. The third-order valence-electron chi connectivity index (χ3n) is 4.82. The van der Waals surface area contributed by atoms with Crippen LogP contribution in [0.3, 0.4) is 0 Å². The Morgan fingerprint density at radius 1 is 1.26 bits per heavy atom. The maximum Gasteiger partial charge on any atom is 0.252 e. The van der Waals surface area contributed by atoms with Crippen LogP contribution in [-0.4, -0.2) is 64.3 Å². The summed E-state index contributed by atoms with van der Waals surface area (Å²) in [4.78, 5) is 24.2. The molecule has 0 saturated carbocycles. The van der Waals surface area contributed by atoms with Crippen molar-refractivity contribution in [3.05, 3.63) is 40.0 Å². The van der Waals surface area contributed by atoms with Gasteiger partial charge in [-0.25, -0.2) is 14.6 Å². The monoisotopic (exact) mass is 480 g/mol. The smallest absolute Gasteiger partial charge is 0.252 e. The number of amides is 1. The summed E-state index contributed by atoms with van der Waals surface area (Å²) in [5.41, 5.74) is 1.10.